The standard InChI is InChI=1S/C18H21NO3S/c1-10-16(12(3)20)11(2)19-17(10)18(21)13(4)23-15-8-6-7-14(9-15)22-5/h6-9,13,19H,1-5H3. The molecule has 1 N–H and O–H groups in total. The van der Waals surface area contributed by atoms with Crippen molar-refractivity contribution in [1.29, 1.82) is 0 Å². The smallest absolute Gasteiger partial charge is 0.192 e. The minimum atomic E-state index is -0.265. The molecule has 0 saturated heterocycles. The molecule has 23 heavy (non-hydrogen) atoms. The molecule has 2 aromatic rings. The second-order valence-electron chi connectivity index (χ2n) is 5.48. The zero-order valence-corrected chi connectivity index (χ0v) is 14.8. The number of hydrogen-bond acceptors (Lipinski definition) is 4. The Labute approximate surface area is 140 Å². The second-order valence-corrected chi connectivity index (χ2v) is 6.90. The molecule has 1 aromatic heterocycles. The van der Waals surface area contributed by atoms with E-state index in [1.807, 2.05) is 45.0 Å². The third-order valence-corrected chi connectivity index (χ3v) is 4.85. The van der Waals surface area contributed by atoms with E-state index in [1.54, 1.807) is 7.11 Å². The van der Waals surface area contributed by atoms with Gasteiger partial charge in [-0.25, -0.2) is 0 Å². The number of methoxy groups -OCH3 is 1. The number of H-pyrrole nitrogens is 1. The molecule has 0 aliphatic rings. The largest absolute Gasteiger partial charge is 0.497 e. The van der Waals surface area contributed by atoms with Crippen molar-refractivity contribution in [1.82, 2.24) is 4.98 Å². The zero-order valence-electron chi connectivity index (χ0n) is 14.0. The fourth-order valence-electron chi connectivity index (χ4n) is 2.66. The molecule has 0 radical (unpaired) electrons. The summed E-state index contributed by atoms with van der Waals surface area (Å²) in [6.45, 7) is 7.03. The molecule has 1 unspecified atom stereocenters. The molecule has 4 nitrogen and oxygen atoms in total. The van der Waals surface area contributed by atoms with Crippen molar-refractivity contribution in [3.63, 3.8) is 0 Å². The van der Waals surface area contributed by atoms with E-state index < -0.39 is 0 Å². The second kappa shape index (κ2) is 7.04. The third kappa shape index (κ3) is 3.67. The van der Waals surface area contributed by atoms with Crippen LogP contribution in [0.1, 0.15) is 46.0 Å². The Morgan fingerprint density at radius 3 is 2.52 bits per heavy atom. The van der Waals surface area contributed by atoms with Crippen molar-refractivity contribution in [2.75, 3.05) is 7.11 Å². The predicted molar refractivity (Wildman–Crippen MR) is 92.9 cm³/mol. The van der Waals surface area contributed by atoms with Gasteiger partial charge in [0.2, 0.25) is 0 Å². The van der Waals surface area contributed by atoms with E-state index in [2.05, 4.69) is 4.98 Å². The topological polar surface area (TPSA) is 59.2 Å². The average Bonchev–Trinajstić information content (AvgIpc) is 2.81. The summed E-state index contributed by atoms with van der Waals surface area (Å²) >= 11 is 1.47. The normalized spacial score (nSPS) is 12.0. The van der Waals surface area contributed by atoms with Crippen molar-refractivity contribution in [3.05, 3.63) is 46.8 Å². The number of nitrogens with one attached hydrogen (secondary N) is 1. The van der Waals surface area contributed by atoms with E-state index in [4.69, 9.17) is 4.74 Å². The van der Waals surface area contributed by atoms with Gasteiger partial charge in [0.1, 0.15) is 5.75 Å². The fourth-order valence-corrected chi connectivity index (χ4v) is 3.63. The van der Waals surface area contributed by atoms with E-state index in [9.17, 15) is 9.59 Å². The van der Waals surface area contributed by atoms with Crippen molar-refractivity contribution >= 4 is 23.3 Å². The minimum absolute atomic E-state index is 0.00841. The van der Waals surface area contributed by atoms with Gasteiger partial charge in [-0.1, -0.05) is 6.07 Å². The number of ketones is 2. The van der Waals surface area contributed by atoms with Crippen LogP contribution in [0.5, 0.6) is 5.75 Å². The molecule has 0 spiro atoms. The number of aromatic nitrogens is 1. The number of Topliss-reactive ketones (excluding diaryl/α,β-unsaturated/α-hetero) is 2. The number of ether oxygens (including phenoxy) is 1. The van der Waals surface area contributed by atoms with Gasteiger partial charge in [-0.05, 0) is 51.5 Å². The minimum Gasteiger partial charge on any atom is -0.497 e. The van der Waals surface area contributed by atoms with E-state index in [-0.39, 0.29) is 16.8 Å². The number of carbonyl (C=O) groups excluding carboxylic acids is 2. The Balaban J connectivity index is 2.23. The van der Waals surface area contributed by atoms with Gasteiger partial charge < -0.3 is 9.72 Å². The molecule has 1 atom stereocenters. The molecule has 0 aliphatic carbocycles. The Morgan fingerprint density at radius 1 is 1.26 bits per heavy atom. The lowest BCUT2D eigenvalue weighted by Crippen LogP contribution is -2.15. The van der Waals surface area contributed by atoms with Gasteiger partial charge in [0.15, 0.2) is 11.6 Å². The predicted octanol–water partition coefficient (Wildman–Crippen LogP) is 4.21. The first-order valence-corrected chi connectivity index (χ1v) is 8.28. The maximum absolute atomic E-state index is 12.7. The molecule has 2 rings (SSSR count). The highest BCUT2D eigenvalue weighted by molar-refractivity contribution is 8.00. The lowest BCUT2D eigenvalue weighted by atomic mass is 10.0. The maximum atomic E-state index is 12.7. The van der Waals surface area contributed by atoms with Gasteiger partial charge in [0.25, 0.3) is 0 Å². The third-order valence-electron chi connectivity index (χ3n) is 3.76. The SMILES string of the molecule is COc1cccc(SC(C)C(=O)c2[nH]c(C)c(C(C)=O)c2C)c1. The highest BCUT2D eigenvalue weighted by Crippen LogP contribution is 2.29. The molecular formula is C18H21NO3S. The van der Waals surface area contributed by atoms with Crippen LogP contribution in [0.3, 0.4) is 0 Å². The summed E-state index contributed by atoms with van der Waals surface area (Å²) in [7, 11) is 1.62. The number of thioether (sulfide) groups is 1. The van der Waals surface area contributed by atoms with Gasteiger partial charge in [0, 0.05) is 16.2 Å². The number of aryl methyl sites for hydroxylation is 1. The molecule has 5 heteroatoms. The number of rotatable bonds is 6. The molecule has 0 bridgehead atoms. The van der Waals surface area contributed by atoms with Crippen LogP contribution in [0.25, 0.3) is 0 Å². The van der Waals surface area contributed by atoms with E-state index >= 15 is 0 Å². The monoisotopic (exact) mass is 331 g/mol. The summed E-state index contributed by atoms with van der Waals surface area (Å²) in [6, 6.07) is 7.62. The van der Waals surface area contributed by atoms with Crippen LogP contribution in [0.2, 0.25) is 0 Å². The number of carbonyl (C=O) groups is 2. The molecule has 1 aromatic carbocycles. The van der Waals surface area contributed by atoms with Crippen molar-refractivity contribution in [2.45, 2.75) is 37.8 Å². The van der Waals surface area contributed by atoms with Crippen LogP contribution in [0.15, 0.2) is 29.2 Å². The van der Waals surface area contributed by atoms with Gasteiger partial charge in [-0.2, -0.15) is 0 Å². The lowest BCUT2D eigenvalue weighted by Gasteiger charge is -2.11. The molecule has 1 heterocycles. The van der Waals surface area contributed by atoms with Gasteiger partial charge in [0.05, 0.1) is 18.1 Å². The van der Waals surface area contributed by atoms with E-state index in [0.29, 0.717) is 11.3 Å². The Morgan fingerprint density at radius 2 is 1.96 bits per heavy atom. The van der Waals surface area contributed by atoms with Crippen LogP contribution in [0.4, 0.5) is 0 Å². The molecule has 0 amide bonds. The summed E-state index contributed by atoms with van der Waals surface area (Å²) < 4.78 is 5.20. The van der Waals surface area contributed by atoms with Crippen LogP contribution >= 0.6 is 11.8 Å². The van der Waals surface area contributed by atoms with E-state index in [1.165, 1.54) is 18.7 Å². The first-order chi connectivity index (χ1) is 10.8. The van der Waals surface area contributed by atoms with Crippen molar-refractivity contribution in [3.8, 4) is 5.75 Å². The first-order valence-electron chi connectivity index (χ1n) is 7.40. The number of benzene rings is 1. The summed E-state index contributed by atoms with van der Waals surface area (Å²) in [5, 5.41) is -0.265. The summed E-state index contributed by atoms with van der Waals surface area (Å²) in [5.41, 5.74) is 2.62. The fraction of sp³-hybridized carbons (Fsp3) is 0.333. The number of hydrogen-bond donors (Lipinski definition) is 1. The molecule has 122 valence electrons. The quantitative estimate of drug-likeness (QED) is 0.636. The zero-order chi connectivity index (χ0) is 17.1. The van der Waals surface area contributed by atoms with E-state index in [0.717, 1.165) is 21.9 Å². The highest BCUT2D eigenvalue weighted by atomic mass is 32.2. The molecule has 0 saturated carbocycles. The summed E-state index contributed by atoms with van der Waals surface area (Å²) in [5.74, 6) is 0.731. The van der Waals surface area contributed by atoms with Gasteiger partial charge in [-0.3, -0.25) is 9.59 Å². The lowest BCUT2D eigenvalue weighted by molar-refractivity contribution is 0.0988. The molecular weight excluding hydrogens is 310 g/mol. The van der Waals surface area contributed by atoms with Crippen molar-refractivity contribution in [2.24, 2.45) is 0 Å². The Hall–Kier alpha value is -2.01. The Bertz CT molecular complexity index is 749. The summed E-state index contributed by atoms with van der Waals surface area (Å²) in [4.78, 5) is 28.5. The van der Waals surface area contributed by atoms with Crippen molar-refractivity contribution < 1.29 is 14.3 Å². The highest BCUT2D eigenvalue weighted by Gasteiger charge is 2.24. The Kier molecular flexibility index (Phi) is 5.31. The van der Waals surface area contributed by atoms with Gasteiger partial charge >= 0.3 is 0 Å². The van der Waals surface area contributed by atoms with Crippen LogP contribution < -0.4 is 4.74 Å². The van der Waals surface area contributed by atoms with Crippen LogP contribution in [-0.4, -0.2) is 28.9 Å². The molecule has 0 aliphatic heterocycles. The first kappa shape index (κ1) is 17.3. The maximum Gasteiger partial charge on any atom is 0.192 e. The van der Waals surface area contributed by atoms with Crippen LogP contribution in [-0.2, 0) is 0 Å². The van der Waals surface area contributed by atoms with Crippen LogP contribution in [0, 0.1) is 13.8 Å². The number of aromatic amines is 1. The average molecular weight is 331 g/mol. The summed E-state index contributed by atoms with van der Waals surface area (Å²) in [6.07, 6.45) is 0. The molecule has 0 fully saturated rings. The van der Waals surface area contributed by atoms with Gasteiger partial charge in [-0.15, -0.1) is 11.8 Å².